The maximum atomic E-state index is 2.50. The molecular weight excluding hydrogens is 196 g/mol. The van der Waals surface area contributed by atoms with Gasteiger partial charge in [0.05, 0.1) is 18.6 Å². The highest BCUT2D eigenvalue weighted by Gasteiger charge is 2.36. The Hall–Kier alpha value is -0.340. The molecular formula is C14H30N2+2. The van der Waals surface area contributed by atoms with Gasteiger partial charge in [0.2, 0.25) is 0 Å². The SMILES string of the molecule is CC[NH2+][C@H]1C[C@@H](C(C)(C)[NH2+]CC)CC=C1C. The molecule has 0 aromatic carbocycles. The van der Waals surface area contributed by atoms with Gasteiger partial charge in [-0.1, -0.05) is 6.08 Å². The van der Waals surface area contributed by atoms with Crippen LogP contribution in [-0.4, -0.2) is 24.7 Å². The lowest BCUT2D eigenvalue weighted by Gasteiger charge is -2.36. The first-order chi connectivity index (χ1) is 7.51. The van der Waals surface area contributed by atoms with Gasteiger partial charge >= 0.3 is 0 Å². The van der Waals surface area contributed by atoms with Crippen LogP contribution in [-0.2, 0) is 0 Å². The van der Waals surface area contributed by atoms with Crippen molar-refractivity contribution in [3.05, 3.63) is 11.6 Å². The molecule has 4 N–H and O–H groups in total. The van der Waals surface area contributed by atoms with E-state index in [-0.39, 0.29) is 0 Å². The second-order valence-corrected chi connectivity index (χ2v) is 5.80. The average Bonchev–Trinajstić information content (AvgIpc) is 2.21. The van der Waals surface area contributed by atoms with Gasteiger partial charge in [-0.3, -0.25) is 0 Å². The molecule has 0 unspecified atom stereocenters. The highest BCUT2D eigenvalue weighted by molar-refractivity contribution is 5.10. The van der Waals surface area contributed by atoms with E-state index in [1.54, 1.807) is 5.57 Å². The van der Waals surface area contributed by atoms with Crippen LogP contribution in [0.25, 0.3) is 0 Å². The van der Waals surface area contributed by atoms with Crippen molar-refractivity contribution >= 4 is 0 Å². The zero-order chi connectivity index (χ0) is 12.2. The Morgan fingerprint density at radius 2 is 2.00 bits per heavy atom. The predicted octanol–water partition coefficient (Wildman–Crippen LogP) is 0.657. The monoisotopic (exact) mass is 226 g/mol. The summed E-state index contributed by atoms with van der Waals surface area (Å²) < 4.78 is 0. The maximum absolute atomic E-state index is 2.50. The molecule has 1 aliphatic rings. The molecule has 0 aromatic rings. The first-order valence-electron chi connectivity index (χ1n) is 6.85. The minimum atomic E-state index is 0.395. The molecule has 0 saturated heterocycles. The van der Waals surface area contributed by atoms with E-state index >= 15 is 0 Å². The summed E-state index contributed by atoms with van der Waals surface area (Å²) in [6, 6.07) is 0.730. The fourth-order valence-electron chi connectivity index (χ4n) is 2.94. The summed E-state index contributed by atoms with van der Waals surface area (Å²) in [5.41, 5.74) is 1.98. The van der Waals surface area contributed by atoms with Crippen molar-refractivity contribution in [1.29, 1.82) is 0 Å². The molecule has 1 rings (SSSR count). The number of hydrogen-bond acceptors (Lipinski definition) is 0. The third-order valence-electron chi connectivity index (χ3n) is 4.15. The number of quaternary nitrogens is 2. The maximum Gasteiger partial charge on any atom is 0.108 e. The van der Waals surface area contributed by atoms with E-state index in [1.165, 1.54) is 25.9 Å². The Morgan fingerprint density at radius 3 is 2.56 bits per heavy atom. The molecule has 0 heterocycles. The quantitative estimate of drug-likeness (QED) is 0.646. The normalized spacial score (nSPS) is 26.7. The number of hydrogen-bond donors (Lipinski definition) is 2. The van der Waals surface area contributed by atoms with Crippen molar-refractivity contribution in [2.45, 2.75) is 59.0 Å². The van der Waals surface area contributed by atoms with Crippen LogP contribution in [0.5, 0.6) is 0 Å². The number of allylic oxidation sites excluding steroid dienone is 1. The van der Waals surface area contributed by atoms with Gasteiger partial charge < -0.3 is 10.6 Å². The lowest BCUT2D eigenvalue weighted by Crippen LogP contribution is -2.97. The fraction of sp³-hybridized carbons (Fsp3) is 0.857. The van der Waals surface area contributed by atoms with E-state index in [1.807, 2.05) is 0 Å². The minimum absolute atomic E-state index is 0.395. The van der Waals surface area contributed by atoms with Crippen LogP contribution >= 0.6 is 0 Å². The molecule has 0 spiro atoms. The molecule has 16 heavy (non-hydrogen) atoms. The number of likely N-dealkylation sites (N-methyl/N-ethyl adjacent to an activating group) is 1. The summed E-state index contributed by atoms with van der Waals surface area (Å²) in [6.45, 7) is 14.0. The van der Waals surface area contributed by atoms with Crippen molar-refractivity contribution in [2.24, 2.45) is 5.92 Å². The lowest BCUT2D eigenvalue weighted by atomic mass is 9.75. The zero-order valence-corrected chi connectivity index (χ0v) is 11.7. The van der Waals surface area contributed by atoms with Gasteiger partial charge in [-0.25, -0.2) is 0 Å². The lowest BCUT2D eigenvalue weighted by molar-refractivity contribution is -0.730. The largest absolute Gasteiger partial charge is 0.342 e. The summed E-state index contributed by atoms with van der Waals surface area (Å²) >= 11 is 0. The Morgan fingerprint density at radius 1 is 1.31 bits per heavy atom. The van der Waals surface area contributed by atoms with Crippen LogP contribution in [0.2, 0.25) is 0 Å². The van der Waals surface area contributed by atoms with E-state index < -0.39 is 0 Å². The summed E-state index contributed by atoms with van der Waals surface area (Å²) in [7, 11) is 0. The molecule has 0 aliphatic heterocycles. The van der Waals surface area contributed by atoms with Gasteiger partial charge in [-0.2, -0.15) is 0 Å². The van der Waals surface area contributed by atoms with Crippen LogP contribution < -0.4 is 10.6 Å². The molecule has 0 fully saturated rings. The standard InChI is InChI=1S/C14H28N2/c1-6-15-13-10-12(9-8-11(13)3)14(4,5)16-7-2/h8,12-13,15-16H,6-7,9-10H2,1-5H3/p+2/t12-,13-/m0/s1. The molecule has 0 saturated carbocycles. The molecule has 2 heteroatoms. The van der Waals surface area contributed by atoms with Gasteiger partial charge in [0.15, 0.2) is 0 Å². The molecule has 0 amide bonds. The second-order valence-electron chi connectivity index (χ2n) is 5.80. The van der Waals surface area contributed by atoms with E-state index in [2.05, 4.69) is 51.3 Å². The highest BCUT2D eigenvalue weighted by atomic mass is 15.0. The van der Waals surface area contributed by atoms with Crippen molar-refractivity contribution in [3.63, 3.8) is 0 Å². The van der Waals surface area contributed by atoms with E-state index in [0.717, 1.165) is 12.0 Å². The fourth-order valence-corrected chi connectivity index (χ4v) is 2.94. The first-order valence-corrected chi connectivity index (χ1v) is 6.85. The van der Waals surface area contributed by atoms with Gasteiger partial charge in [-0.05, 0) is 46.6 Å². The third-order valence-corrected chi connectivity index (χ3v) is 4.15. The Kier molecular flexibility index (Phi) is 5.00. The van der Waals surface area contributed by atoms with Crippen LogP contribution in [0.15, 0.2) is 11.6 Å². The Balaban J connectivity index is 2.65. The molecule has 2 nitrogen and oxygen atoms in total. The van der Waals surface area contributed by atoms with Crippen LogP contribution in [0, 0.1) is 5.92 Å². The van der Waals surface area contributed by atoms with E-state index in [4.69, 9.17) is 0 Å². The summed E-state index contributed by atoms with van der Waals surface area (Å²) in [6.07, 6.45) is 5.08. The van der Waals surface area contributed by atoms with E-state index in [9.17, 15) is 0 Å². The summed E-state index contributed by atoms with van der Waals surface area (Å²) in [4.78, 5) is 0. The van der Waals surface area contributed by atoms with Crippen LogP contribution in [0.1, 0.15) is 47.5 Å². The molecule has 0 radical (unpaired) electrons. The van der Waals surface area contributed by atoms with Crippen molar-refractivity contribution in [3.8, 4) is 0 Å². The van der Waals surface area contributed by atoms with E-state index in [0.29, 0.717) is 5.54 Å². The summed E-state index contributed by atoms with van der Waals surface area (Å²) in [5, 5.41) is 4.98. The zero-order valence-electron chi connectivity index (χ0n) is 11.7. The average molecular weight is 226 g/mol. The number of rotatable bonds is 5. The van der Waals surface area contributed by atoms with Crippen LogP contribution in [0.3, 0.4) is 0 Å². The molecule has 2 atom stereocenters. The Labute approximate surface area is 101 Å². The van der Waals surface area contributed by atoms with Gasteiger partial charge in [-0.15, -0.1) is 0 Å². The Bertz CT molecular complexity index is 243. The van der Waals surface area contributed by atoms with Crippen molar-refractivity contribution in [1.82, 2.24) is 0 Å². The molecule has 94 valence electrons. The molecule has 1 aliphatic carbocycles. The smallest absolute Gasteiger partial charge is 0.108 e. The number of nitrogens with two attached hydrogens (primary N) is 2. The molecule has 0 bridgehead atoms. The predicted molar refractivity (Wildman–Crippen MR) is 69.3 cm³/mol. The second kappa shape index (κ2) is 5.83. The van der Waals surface area contributed by atoms with Gasteiger partial charge in [0.25, 0.3) is 0 Å². The highest BCUT2D eigenvalue weighted by Crippen LogP contribution is 2.28. The third kappa shape index (κ3) is 3.33. The van der Waals surface area contributed by atoms with Crippen LogP contribution in [0.4, 0.5) is 0 Å². The minimum Gasteiger partial charge on any atom is -0.342 e. The van der Waals surface area contributed by atoms with Gasteiger partial charge in [0, 0.05) is 12.3 Å². The summed E-state index contributed by atoms with van der Waals surface area (Å²) in [5.74, 6) is 0.823. The topological polar surface area (TPSA) is 33.2 Å². The van der Waals surface area contributed by atoms with Crippen molar-refractivity contribution in [2.75, 3.05) is 13.1 Å². The van der Waals surface area contributed by atoms with Gasteiger partial charge in [0.1, 0.15) is 6.04 Å². The first kappa shape index (κ1) is 13.7. The van der Waals surface area contributed by atoms with Crippen molar-refractivity contribution < 1.29 is 10.6 Å². The molecule has 0 aromatic heterocycles.